The molecular weight excluding hydrogens is 263 g/mol. The van der Waals surface area contributed by atoms with Crippen molar-refractivity contribution in [2.45, 2.75) is 6.18 Å². The Bertz CT molecular complexity index is 578. The van der Waals surface area contributed by atoms with Crippen LogP contribution in [-0.4, -0.2) is 33.9 Å². The maximum Gasteiger partial charge on any atom is 0.490 e. The summed E-state index contributed by atoms with van der Waals surface area (Å²) in [4.78, 5) is 13.3. The number of hydrogen-bond acceptors (Lipinski definition) is 3. The van der Waals surface area contributed by atoms with E-state index in [9.17, 15) is 13.2 Å². The summed E-state index contributed by atoms with van der Waals surface area (Å²) in [7, 11) is 3.88. The number of halogens is 3. The Kier molecular flexibility index (Phi) is 4.36. The number of rotatable bonds is 1. The van der Waals surface area contributed by atoms with Gasteiger partial charge < -0.3 is 15.0 Å². The van der Waals surface area contributed by atoms with E-state index in [4.69, 9.17) is 9.90 Å². The van der Waals surface area contributed by atoms with Crippen LogP contribution in [-0.2, 0) is 11.8 Å². The third-order valence-electron chi connectivity index (χ3n) is 2.25. The molecule has 5 nitrogen and oxygen atoms in total. The molecule has 0 aliphatic rings. The van der Waals surface area contributed by atoms with Crippen molar-refractivity contribution in [3.63, 3.8) is 0 Å². The van der Waals surface area contributed by atoms with Gasteiger partial charge >= 0.3 is 12.1 Å². The van der Waals surface area contributed by atoms with Crippen LogP contribution in [0.5, 0.6) is 0 Å². The maximum atomic E-state index is 10.6. The van der Waals surface area contributed by atoms with E-state index in [-0.39, 0.29) is 0 Å². The number of carboxylic acid groups (broad SMARTS) is 1. The number of carbonyl (C=O) groups is 1. The Morgan fingerprint density at radius 1 is 1.37 bits per heavy atom. The van der Waals surface area contributed by atoms with E-state index in [1.807, 2.05) is 36.9 Å². The number of carboxylic acids is 1. The van der Waals surface area contributed by atoms with Crippen molar-refractivity contribution in [1.82, 2.24) is 9.55 Å². The first kappa shape index (κ1) is 14.8. The maximum absolute atomic E-state index is 10.6. The van der Waals surface area contributed by atoms with E-state index < -0.39 is 12.1 Å². The minimum atomic E-state index is -5.08. The third-order valence-corrected chi connectivity index (χ3v) is 2.25. The standard InChI is InChI=1S/C9H11N3.C2HF3O2/c1-10-9-11-7-5-3-4-6-8(7)12(9)2;3-2(4,5)1(6)7/h3-6H,1-2H3,(H,10,11);(H,6,7). The Balaban J connectivity index is 0.000000224. The fourth-order valence-corrected chi connectivity index (χ4v) is 1.37. The zero-order valence-corrected chi connectivity index (χ0v) is 10.2. The second-order valence-electron chi connectivity index (χ2n) is 3.54. The zero-order valence-electron chi connectivity index (χ0n) is 10.2. The van der Waals surface area contributed by atoms with Crippen LogP contribution in [0.25, 0.3) is 11.0 Å². The van der Waals surface area contributed by atoms with Crippen LogP contribution >= 0.6 is 0 Å². The third kappa shape index (κ3) is 3.60. The highest BCUT2D eigenvalue weighted by molar-refractivity contribution is 5.78. The van der Waals surface area contributed by atoms with Gasteiger partial charge in [0.15, 0.2) is 0 Å². The lowest BCUT2D eigenvalue weighted by Crippen LogP contribution is -2.21. The number of para-hydroxylation sites is 2. The minimum absolute atomic E-state index is 0.899. The summed E-state index contributed by atoms with van der Waals surface area (Å²) < 4.78 is 33.8. The van der Waals surface area contributed by atoms with Gasteiger partial charge in [-0.3, -0.25) is 0 Å². The molecule has 0 amide bonds. The summed E-state index contributed by atoms with van der Waals surface area (Å²) in [5.74, 6) is -1.86. The number of nitrogens with zero attached hydrogens (tertiary/aromatic N) is 2. The molecule has 0 fully saturated rings. The Labute approximate surface area is 106 Å². The van der Waals surface area contributed by atoms with Gasteiger partial charge in [-0.05, 0) is 12.1 Å². The van der Waals surface area contributed by atoms with Gasteiger partial charge in [-0.25, -0.2) is 9.78 Å². The van der Waals surface area contributed by atoms with E-state index in [1.165, 1.54) is 0 Å². The molecule has 0 saturated carbocycles. The summed E-state index contributed by atoms with van der Waals surface area (Å²) in [6, 6.07) is 8.08. The molecule has 104 valence electrons. The summed E-state index contributed by atoms with van der Waals surface area (Å²) in [6.45, 7) is 0. The van der Waals surface area contributed by atoms with Crippen molar-refractivity contribution < 1.29 is 23.1 Å². The van der Waals surface area contributed by atoms with Gasteiger partial charge in [0.2, 0.25) is 5.95 Å². The normalized spacial score (nSPS) is 10.8. The molecule has 2 aromatic rings. The van der Waals surface area contributed by atoms with Crippen molar-refractivity contribution in [2.24, 2.45) is 7.05 Å². The first-order chi connectivity index (χ1) is 8.77. The van der Waals surface area contributed by atoms with Crippen molar-refractivity contribution >= 4 is 23.0 Å². The molecule has 0 saturated heterocycles. The molecule has 0 atom stereocenters. The van der Waals surface area contributed by atoms with Crippen LogP contribution < -0.4 is 5.32 Å². The predicted octanol–water partition coefficient (Wildman–Crippen LogP) is 2.25. The summed E-state index contributed by atoms with van der Waals surface area (Å²) in [5, 5.41) is 10.2. The molecule has 0 bridgehead atoms. The van der Waals surface area contributed by atoms with Gasteiger partial charge in [0.1, 0.15) is 0 Å². The number of hydrogen-bond donors (Lipinski definition) is 2. The highest BCUT2D eigenvalue weighted by Crippen LogP contribution is 2.16. The molecule has 0 radical (unpaired) electrons. The van der Waals surface area contributed by atoms with Gasteiger partial charge in [0.05, 0.1) is 11.0 Å². The Morgan fingerprint density at radius 3 is 2.32 bits per heavy atom. The van der Waals surface area contributed by atoms with Crippen LogP contribution in [0.2, 0.25) is 0 Å². The van der Waals surface area contributed by atoms with Gasteiger partial charge in [-0.15, -0.1) is 0 Å². The van der Waals surface area contributed by atoms with E-state index in [2.05, 4.69) is 16.4 Å². The number of anilines is 1. The highest BCUT2D eigenvalue weighted by Gasteiger charge is 2.38. The zero-order chi connectivity index (χ0) is 14.6. The van der Waals surface area contributed by atoms with Crippen LogP contribution in [0.1, 0.15) is 0 Å². The van der Waals surface area contributed by atoms with Gasteiger partial charge in [-0.2, -0.15) is 13.2 Å². The number of imidazole rings is 1. The average Bonchev–Trinajstić information content (AvgIpc) is 2.66. The molecule has 2 N–H and O–H groups in total. The molecule has 1 aromatic heterocycles. The van der Waals surface area contributed by atoms with E-state index in [1.54, 1.807) is 0 Å². The molecule has 0 aliphatic heterocycles. The number of benzene rings is 1. The fourth-order valence-electron chi connectivity index (χ4n) is 1.37. The average molecular weight is 275 g/mol. The van der Waals surface area contributed by atoms with E-state index >= 15 is 0 Å². The lowest BCUT2D eigenvalue weighted by atomic mass is 10.3. The largest absolute Gasteiger partial charge is 0.490 e. The first-order valence-corrected chi connectivity index (χ1v) is 5.16. The van der Waals surface area contributed by atoms with Crippen molar-refractivity contribution in [2.75, 3.05) is 12.4 Å². The molecule has 1 aromatic carbocycles. The van der Waals surface area contributed by atoms with Crippen LogP contribution in [0.15, 0.2) is 24.3 Å². The lowest BCUT2D eigenvalue weighted by molar-refractivity contribution is -0.192. The second kappa shape index (κ2) is 5.59. The highest BCUT2D eigenvalue weighted by atomic mass is 19.4. The molecule has 8 heteroatoms. The SMILES string of the molecule is CNc1nc2ccccc2n1C.O=C(O)C(F)(F)F. The van der Waals surface area contributed by atoms with Gasteiger partial charge in [0.25, 0.3) is 0 Å². The number of nitrogens with one attached hydrogen (secondary N) is 1. The molecule has 1 heterocycles. The second-order valence-corrected chi connectivity index (χ2v) is 3.54. The Morgan fingerprint density at radius 2 is 1.89 bits per heavy atom. The minimum Gasteiger partial charge on any atom is -0.475 e. The molecular formula is C11H12F3N3O2. The molecule has 2 rings (SSSR count). The topological polar surface area (TPSA) is 67.2 Å². The first-order valence-electron chi connectivity index (χ1n) is 5.16. The van der Waals surface area contributed by atoms with Crippen molar-refractivity contribution in [1.29, 1.82) is 0 Å². The van der Waals surface area contributed by atoms with E-state index in [0.717, 1.165) is 17.0 Å². The number of aromatic nitrogens is 2. The van der Waals surface area contributed by atoms with Gasteiger partial charge in [0, 0.05) is 14.1 Å². The van der Waals surface area contributed by atoms with Crippen LogP contribution in [0.3, 0.4) is 0 Å². The quantitative estimate of drug-likeness (QED) is 0.837. The van der Waals surface area contributed by atoms with E-state index in [0.29, 0.717) is 0 Å². The van der Waals surface area contributed by atoms with Gasteiger partial charge in [-0.1, -0.05) is 12.1 Å². The number of aryl methyl sites for hydroxylation is 1. The molecule has 0 unspecified atom stereocenters. The van der Waals surface area contributed by atoms with Crippen molar-refractivity contribution in [3.8, 4) is 0 Å². The molecule has 0 aliphatic carbocycles. The number of fused-ring (bicyclic) bond motifs is 1. The summed E-state index contributed by atoms with van der Waals surface area (Å²) in [5.41, 5.74) is 2.19. The monoisotopic (exact) mass is 275 g/mol. The molecule has 0 spiro atoms. The lowest BCUT2D eigenvalue weighted by Gasteiger charge is -1.98. The predicted molar refractivity (Wildman–Crippen MR) is 64.0 cm³/mol. The van der Waals surface area contributed by atoms with Crippen molar-refractivity contribution in [3.05, 3.63) is 24.3 Å². The number of alkyl halides is 3. The summed E-state index contributed by atoms with van der Waals surface area (Å²) in [6.07, 6.45) is -5.08. The smallest absolute Gasteiger partial charge is 0.475 e. The number of aliphatic carboxylic acids is 1. The van der Waals surface area contributed by atoms with Crippen LogP contribution in [0, 0.1) is 0 Å². The van der Waals surface area contributed by atoms with Crippen LogP contribution in [0.4, 0.5) is 19.1 Å². The fraction of sp³-hybridized carbons (Fsp3) is 0.273. The molecule has 19 heavy (non-hydrogen) atoms. The summed E-state index contributed by atoms with van der Waals surface area (Å²) >= 11 is 0. The Hall–Kier alpha value is -2.25.